The predicted molar refractivity (Wildman–Crippen MR) is 81.8 cm³/mol. The van der Waals surface area contributed by atoms with Crippen LogP contribution in [0.2, 0.25) is 6.55 Å². The van der Waals surface area contributed by atoms with Crippen LogP contribution in [0.5, 0.6) is 0 Å². The van der Waals surface area contributed by atoms with E-state index in [0.29, 0.717) is 0 Å². The molecule has 1 atom stereocenters. The standard InChI is InChI=1S/C16H24O3Si/c1-20(15-5-3-2-4-6-15)19-8-7-16(13-9-17-10-13)14-11-18-12-14/h2-6,13-14,16,20H,7-12H2,1H3. The summed E-state index contributed by atoms with van der Waals surface area (Å²) in [4.78, 5) is 0. The van der Waals surface area contributed by atoms with Crippen LogP contribution in [0.4, 0.5) is 0 Å². The van der Waals surface area contributed by atoms with Crippen LogP contribution in [0.15, 0.2) is 30.3 Å². The highest BCUT2D eigenvalue weighted by molar-refractivity contribution is 6.66. The lowest BCUT2D eigenvalue weighted by atomic mass is 9.77. The molecule has 0 amide bonds. The quantitative estimate of drug-likeness (QED) is 0.714. The highest BCUT2D eigenvalue weighted by Gasteiger charge is 2.37. The van der Waals surface area contributed by atoms with E-state index in [1.165, 1.54) is 5.19 Å². The number of ether oxygens (including phenoxy) is 2. The minimum absolute atomic E-state index is 0.731. The van der Waals surface area contributed by atoms with Crippen LogP contribution in [-0.2, 0) is 13.9 Å². The van der Waals surface area contributed by atoms with Gasteiger partial charge in [-0.05, 0) is 24.1 Å². The molecule has 2 aliphatic rings. The van der Waals surface area contributed by atoms with E-state index in [1.807, 2.05) is 0 Å². The minimum atomic E-state index is -1.23. The molecule has 20 heavy (non-hydrogen) atoms. The molecular weight excluding hydrogens is 268 g/mol. The molecule has 4 heteroatoms. The van der Waals surface area contributed by atoms with Crippen molar-refractivity contribution in [2.24, 2.45) is 17.8 Å². The van der Waals surface area contributed by atoms with Gasteiger partial charge in [-0.15, -0.1) is 0 Å². The molecule has 0 radical (unpaired) electrons. The molecule has 110 valence electrons. The molecule has 3 nitrogen and oxygen atoms in total. The molecule has 2 heterocycles. The van der Waals surface area contributed by atoms with Crippen molar-refractivity contribution < 1.29 is 13.9 Å². The van der Waals surface area contributed by atoms with Crippen LogP contribution in [0.25, 0.3) is 0 Å². The SMILES string of the molecule is C[SiH](OCCC(C1COC1)C1COC1)c1ccccc1. The van der Waals surface area contributed by atoms with Gasteiger partial charge in [0.15, 0.2) is 0 Å². The average molecular weight is 292 g/mol. The summed E-state index contributed by atoms with van der Waals surface area (Å²) in [6.07, 6.45) is 1.16. The largest absolute Gasteiger partial charge is 0.416 e. The second-order valence-electron chi connectivity index (χ2n) is 5.97. The maximum Gasteiger partial charge on any atom is 0.205 e. The number of hydrogen-bond donors (Lipinski definition) is 0. The Morgan fingerprint density at radius 3 is 2.20 bits per heavy atom. The van der Waals surface area contributed by atoms with E-state index in [-0.39, 0.29) is 0 Å². The number of benzene rings is 1. The average Bonchev–Trinajstić information content (AvgIpc) is 2.35. The Kier molecular flexibility index (Phi) is 4.88. The topological polar surface area (TPSA) is 27.7 Å². The molecule has 2 aliphatic heterocycles. The van der Waals surface area contributed by atoms with Crippen molar-refractivity contribution in [3.8, 4) is 0 Å². The van der Waals surface area contributed by atoms with Crippen molar-refractivity contribution in [2.45, 2.75) is 13.0 Å². The van der Waals surface area contributed by atoms with Gasteiger partial charge in [-0.3, -0.25) is 0 Å². The van der Waals surface area contributed by atoms with Crippen molar-refractivity contribution in [3.63, 3.8) is 0 Å². The van der Waals surface area contributed by atoms with Gasteiger partial charge in [-0.2, -0.15) is 0 Å². The Morgan fingerprint density at radius 2 is 1.70 bits per heavy atom. The van der Waals surface area contributed by atoms with Crippen molar-refractivity contribution in [3.05, 3.63) is 30.3 Å². The summed E-state index contributed by atoms with van der Waals surface area (Å²) in [5, 5.41) is 1.39. The van der Waals surface area contributed by atoms with Crippen molar-refractivity contribution >= 4 is 14.2 Å². The Balaban J connectivity index is 1.45. The van der Waals surface area contributed by atoms with Crippen LogP contribution in [-0.4, -0.2) is 42.1 Å². The van der Waals surface area contributed by atoms with Gasteiger partial charge < -0.3 is 13.9 Å². The third kappa shape index (κ3) is 3.31. The molecule has 0 saturated carbocycles. The zero-order valence-electron chi connectivity index (χ0n) is 12.2. The Morgan fingerprint density at radius 1 is 1.10 bits per heavy atom. The van der Waals surface area contributed by atoms with Crippen molar-refractivity contribution in [1.82, 2.24) is 0 Å². The van der Waals surface area contributed by atoms with Crippen molar-refractivity contribution in [1.29, 1.82) is 0 Å². The van der Waals surface area contributed by atoms with E-state index in [1.54, 1.807) is 0 Å². The van der Waals surface area contributed by atoms with Crippen LogP contribution in [0.3, 0.4) is 0 Å². The molecule has 1 aromatic carbocycles. The second kappa shape index (κ2) is 6.85. The number of hydrogen-bond acceptors (Lipinski definition) is 3. The molecule has 0 bridgehead atoms. The molecule has 0 N–H and O–H groups in total. The molecule has 2 saturated heterocycles. The van der Waals surface area contributed by atoms with Gasteiger partial charge >= 0.3 is 0 Å². The lowest BCUT2D eigenvalue weighted by Gasteiger charge is -2.42. The van der Waals surface area contributed by atoms with E-state index in [0.717, 1.165) is 57.2 Å². The first kappa shape index (κ1) is 14.3. The third-order valence-electron chi connectivity index (χ3n) is 4.63. The van der Waals surface area contributed by atoms with Crippen LogP contribution < -0.4 is 5.19 Å². The lowest BCUT2D eigenvalue weighted by molar-refractivity contribution is -0.131. The van der Waals surface area contributed by atoms with E-state index in [4.69, 9.17) is 13.9 Å². The van der Waals surface area contributed by atoms with E-state index < -0.39 is 9.04 Å². The smallest absolute Gasteiger partial charge is 0.205 e. The summed E-state index contributed by atoms with van der Waals surface area (Å²) in [6, 6.07) is 10.6. The molecule has 0 spiro atoms. The Hall–Kier alpha value is -0.683. The Labute approximate surface area is 123 Å². The van der Waals surface area contributed by atoms with Gasteiger partial charge in [-0.25, -0.2) is 0 Å². The normalized spacial score (nSPS) is 21.5. The zero-order chi connectivity index (χ0) is 13.8. The predicted octanol–water partition coefficient (Wildman–Crippen LogP) is 1.56. The summed E-state index contributed by atoms with van der Waals surface area (Å²) in [5.74, 6) is 2.21. The first-order chi connectivity index (χ1) is 9.84. The maximum atomic E-state index is 6.15. The Bertz CT molecular complexity index is 389. The van der Waals surface area contributed by atoms with Gasteiger partial charge in [0.05, 0.1) is 26.4 Å². The van der Waals surface area contributed by atoms with E-state index >= 15 is 0 Å². The van der Waals surface area contributed by atoms with E-state index in [2.05, 4.69) is 36.9 Å². The van der Waals surface area contributed by atoms with Gasteiger partial charge in [0.1, 0.15) is 0 Å². The summed E-state index contributed by atoms with van der Waals surface area (Å²) in [7, 11) is -1.23. The van der Waals surface area contributed by atoms with E-state index in [9.17, 15) is 0 Å². The first-order valence-electron chi connectivity index (χ1n) is 7.66. The van der Waals surface area contributed by atoms with Crippen molar-refractivity contribution in [2.75, 3.05) is 33.0 Å². The minimum Gasteiger partial charge on any atom is -0.416 e. The highest BCUT2D eigenvalue weighted by Crippen LogP contribution is 2.34. The van der Waals surface area contributed by atoms with Gasteiger partial charge in [-0.1, -0.05) is 30.3 Å². The molecule has 0 aliphatic carbocycles. The summed E-state index contributed by atoms with van der Waals surface area (Å²) in [6.45, 7) is 6.91. The molecular formula is C16H24O3Si. The molecule has 3 rings (SSSR count). The first-order valence-corrected chi connectivity index (χ1v) is 9.87. The van der Waals surface area contributed by atoms with Crippen LogP contribution in [0.1, 0.15) is 6.42 Å². The third-order valence-corrected chi connectivity index (χ3v) is 6.69. The summed E-state index contributed by atoms with van der Waals surface area (Å²) >= 11 is 0. The van der Waals surface area contributed by atoms with Gasteiger partial charge in [0.2, 0.25) is 9.04 Å². The second-order valence-corrected chi connectivity index (χ2v) is 8.26. The maximum absolute atomic E-state index is 6.15. The monoisotopic (exact) mass is 292 g/mol. The fraction of sp³-hybridized carbons (Fsp3) is 0.625. The molecule has 0 aromatic heterocycles. The van der Waals surface area contributed by atoms with Crippen LogP contribution in [0, 0.1) is 17.8 Å². The lowest BCUT2D eigenvalue weighted by Crippen LogP contribution is -2.45. The fourth-order valence-electron chi connectivity index (χ4n) is 3.06. The molecule has 2 fully saturated rings. The highest BCUT2D eigenvalue weighted by atomic mass is 28.3. The summed E-state index contributed by atoms with van der Waals surface area (Å²) < 4.78 is 16.9. The molecule has 1 unspecified atom stereocenters. The van der Waals surface area contributed by atoms with Gasteiger partial charge in [0.25, 0.3) is 0 Å². The van der Waals surface area contributed by atoms with Gasteiger partial charge in [0, 0.05) is 18.4 Å². The molecule has 1 aromatic rings. The fourth-order valence-corrected chi connectivity index (χ4v) is 4.51. The summed E-state index contributed by atoms with van der Waals surface area (Å²) in [5.41, 5.74) is 0. The number of rotatable bonds is 7. The zero-order valence-corrected chi connectivity index (χ0v) is 13.3. The van der Waals surface area contributed by atoms with Crippen LogP contribution >= 0.6 is 0 Å².